The van der Waals surface area contributed by atoms with Crippen LogP contribution in [0.15, 0.2) is 41.6 Å². The molecular formula is C20H21ClN4O2S. The van der Waals surface area contributed by atoms with E-state index in [1.807, 2.05) is 24.3 Å². The van der Waals surface area contributed by atoms with Crippen molar-refractivity contribution in [3.05, 3.63) is 56.7 Å². The second-order valence-corrected chi connectivity index (χ2v) is 8.62. The molecule has 6 nitrogen and oxygen atoms in total. The van der Waals surface area contributed by atoms with Crippen LogP contribution in [0.2, 0.25) is 4.34 Å². The van der Waals surface area contributed by atoms with E-state index >= 15 is 0 Å². The lowest BCUT2D eigenvalue weighted by atomic mass is 10.0. The Kier molecular flexibility index (Phi) is 5.64. The maximum absolute atomic E-state index is 12.1. The topological polar surface area (TPSA) is 77.8 Å². The molecule has 2 aliphatic rings. The molecule has 1 aromatic carbocycles. The van der Waals surface area contributed by atoms with Crippen molar-refractivity contribution in [1.82, 2.24) is 10.2 Å². The normalized spacial score (nSPS) is 18.7. The first-order valence-electron chi connectivity index (χ1n) is 9.30. The van der Waals surface area contributed by atoms with Crippen LogP contribution in [0.3, 0.4) is 0 Å². The Morgan fingerprint density at radius 1 is 1.25 bits per heavy atom. The highest BCUT2D eigenvalue weighted by molar-refractivity contribution is 7.17. The zero-order valence-electron chi connectivity index (χ0n) is 15.3. The van der Waals surface area contributed by atoms with Crippen LogP contribution in [0, 0.1) is 5.41 Å². The number of carbonyl (C=O) groups excluding carboxylic acids is 1. The first-order chi connectivity index (χ1) is 13.6. The second kappa shape index (κ2) is 8.32. The Morgan fingerprint density at radius 2 is 2.00 bits per heavy atom. The molecular weight excluding hydrogens is 396 g/mol. The van der Waals surface area contributed by atoms with Gasteiger partial charge in [0.1, 0.15) is 11.9 Å². The number of amides is 1. The maximum atomic E-state index is 12.1. The van der Waals surface area contributed by atoms with Crippen LogP contribution < -0.4 is 5.32 Å². The zero-order valence-corrected chi connectivity index (χ0v) is 16.9. The average Bonchev–Trinajstić information content (AvgIpc) is 3.47. The number of hydrogen-bond acceptors (Lipinski definition) is 5. The predicted octanol–water partition coefficient (Wildman–Crippen LogP) is 3.75. The lowest BCUT2D eigenvalue weighted by Crippen LogP contribution is -2.31. The molecule has 3 heterocycles. The van der Waals surface area contributed by atoms with Gasteiger partial charge < -0.3 is 15.1 Å². The van der Waals surface area contributed by atoms with Gasteiger partial charge in [0.25, 0.3) is 5.91 Å². The quantitative estimate of drug-likeness (QED) is 0.575. The maximum Gasteiger partial charge on any atom is 0.261 e. The van der Waals surface area contributed by atoms with Crippen molar-refractivity contribution in [1.29, 1.82) is 5.41 Å². The molecule has 1 amide bonds. The minimum Gasteiger partial charge on any atom is -0.390 e. The fourth-order valence-corrected chi connectivity index (χ4v) is 4.34. The molecule has 0 bridgehead atoms. The SMILES string of the molecule is N=C(c1ccc(C2=NOC(CNC(=O)c3ccc(Cl)s3)C2)cc1)N1CCCC1. The number of amidine groups is 1. The molecule has 1 fully saturated rings. The third-order valence-electron chi connectivity index (χ3n) is 4.93. The summed E-state index contributed by atoms with van der Waals surface area (Å²) in [4.78, 5) is 20.3. The van der Waals surface area contributed by atoms with Crippen LogP contribution in [0.1, 0.15) is 40.1 Å². The zero-order chi connectivity index (χ0) is 19.5. The van der Waals surface area contributed by atoms with Crippen molar-refractivity contribution in [3.63, 3.8) is 0 Å². The van der Waals surface area contributed by atoms with Gasteiger partial charge in [-0.2, -0.15) is 0 Å². The molecule has 2 N–H and O–H groups in total. The summed E-state index contributed by atoms with van der Waals surface area (Å²) in [6.07, 6.45) is 2.77. The summed E-state index contributed by atoms with van der Waals surface area (Å²) in [5.74, 6) is 0.432. The molecule has 0 aliphatic carbocycles. The van der Waals surface area contributed by atoms with Gasteiger partial charge in [-0.1, -0.05) is 41.0 Å². The summed E-state index contributed by atoms with van der Waals surface area (Å²) < 4.78 is 0.592. The van der Waals surface area contributed by atoms with Gasteiger partial charge in [0, 0.05) is 25.1 Å². The number of likely N-dealkylation sites (tertiary alicyclic amines) is 1. The molecule has 2 aromatic rings. The van der Waals surface area contributed by atoms with Gasteiger partial charge in [0.2, 0.25) is 0 Å². The minimum atomic E-state index is -0.183. The van der Waals surface area contributed by atoms with Gasteiger partial charge in [-0.3, -0.25) is 10.2 Å². The predicted molar refractivity (Wildman–Crippen MR) is 112 cm³/mol. The van der Waals surface area contributed by atoms with Crippen LogP contribution >= 0.6 is 22.9 Å². The smallest absolute Gasteiger partial charge is 0.261 e. The Balaban J connectivity index is 1.30. The first kappa shape index (κ1) is 19.0. The monoisotopic (exact) mass is 416 g/mol. The molecule has 1 atom stereocenters. The standard InChI is InChI=1S/C20H21ClN4O2S/c21-18-8-7-17(28-18)20(26)23-12-15-11-16(24-27-15)13-3-5-14(6-4-13)19(22)25-9-1-2-10-25/h3-8,15,22H,1-2,9-12H2,(H,23,26). The van der Waals surface area contributed by atoms with Gasteiger partial charge in [-0.05, 0) is 30.5 Å². The average molecular weight is 417 g/mol. The Hall–Kier alpha value is -2.38. The third-order valence-corrected chi connectivity index (χ3v) is 6.16. The number of halogens is 1. The van der Waals surface area contributed by atoms with Gasteiger partial charge in [-0.15, -0.1) is 11.3 Å². The van der Waals surface area contributed by atoms with E-state index in [1.165, 1.54) is 11.3 Å². The molecule has 1 saturated heterocycles. The Bertz CT molecular complexity index is 903. The van der Waals surface area contributed by atoms with E-state index in [4.69, 9.17) is 21.8 Å². The second-order valence-electron chi connectivity index (χ2n) is 6.90. The lowest BCUT2D eigenvalue weighted by Gasteiger charge is -2.18. The van der Waals surface area contributed by atoms with Gasteiger partial charge >= 0.3 is 0 Å². The van der Waals surface area contributed by atoms with E-state index < -0.39 is 0 Å². The number of oxime groups is 1. The van der Waals surface area contributed by atoms with Crippen LogP contribution in [0.5, 0.6) is 0 Å². The van der Waals surface area contributed by atoms with Crippen molar-refractivity contribution >= 4 is 40.4 Å². The Morgan fingerprint density at radius 3 is 2.68 bits per heavy atom. The molecule has 0 radical (unpaired) electrons. The Labute approximate surface area is 172 Å². The lowest BCUT2D eigenvalue weighted by molar-refractivity contribution is 0.0755. The van der Waals surface area contributed by atoms with Crippen molar-refractivity contribution in [2.75, 3.05) is 19.6 Å². The number of thiophene rings is 1. The van der Waals surface area contributed by atoms with Crippen LogP contribution in [0.25, 0.3) is 0 Å². The fraction of sp³-hybridized carbons (Fsp3) is 0.350. The van der Waals surface area contributed by atoms with Gasteiger partial charge in [0.15, 0.2) is 0 Å². The molecule has 146 valence electrons. The van der Waals surface area contributed by atoms with E-state index in [9.17, 15) is 4.79 Å². The third kappa shape index (κ3) is 4.20. The summed E-state index contributed by atoms with van der Waals surface area (Å²) in [7, 11) is 0. The highest BCUT2D eigenvalue weighted by atomic mass is 35.5. The highest BCUT2D eigenvalue weighted by Crippen LogP contribution is 2.22. The molecule has 1 unspecified atom stereocenters. The van der Waals surface area contributed by atoms with E-state index in [2.05, 4.69) is 15.4 Å². The summed E-state index contributed by atoms with van der Waals surface area (Å²) in [5.41, 5.74) is 2.76. The van der Waals surface area contributed by atoms with Crippen molar-refractivity contribution in [3.8, 4) is 0 Å². The summed E-state index contributed by atoms with van der Waals surface area (Å²) in [5, 5.41) is 15.4. The number of hydrogen-bond donors (Lipinski definition) is 2. The van der Waals surface area contributed by atoms with Crippen molar-refractivity contribution < 1.29 is 9.63 Å². The van der Waals surface area contributed by atoms with E-state index in [1.54, 1.807) is 12.1 Å². The number of nitrogens with zero attached hydrogens (tertiary/aromatic N) is 2. The van der Waals surface area contributed by atoms with E-state index in [0.29, 0.717) is 28.0 Å². The van der Waals surface area contributed by atoms with Crippen molar-refractivity contribution in [2.45, 2.75) is 25.4 Å². The van der Waals surface area contributed by atoms with Crippen LogP contribution in [0.4, 0.5) is 0 Å². The largest absolute Gasteiger partial charge is 0.390 e. The molecule has 8 heteroatoms. The fourth-order valence-electron chi connectivity index (χ4n) is 3.38. The molecule has 2 aliphatic heterocycles. The summed E-state index contributed by atoms with van der Waals surface area (Å²) >= 11 is 7.12. The van der Waals surface area contributed by atoms with Gasteiger partial charge in [-0.25, -0.2) is 0 Å². The highest BCUT2D eigenvalue weighted by Gasteiger charge is 2.23. The molecule has 1 aromatic heterocycles. The molecule has 4 rings (SSSR count). The van der Waals surface area contributed by atoms with Gasteiger partial charge in [0.05, 0.1) is 21.5 Å². The van der Waals surface area contributed by atoms with E-state index in [-0.39, 0.29) is 12.0 Å². The number of benzene rings is 1. The first-order valence-corrected chi connectivity index (χ1v) is 10.5. The minimum absolute atomic E-state index is 0.154. The number of rotatable bonds is 5. The molecule has 0 spiro atoms. The van der Waals surface area contributed by atoms with Crippen LogP contribution in [-0.2, 0) is 4.84 Å². The van der Waals surface area contributed by atoms with E-state index in [0.717, 1.165) is 42.8 Å². The number of carbonyl (C=O) groups is 1. The number of nitrogens with one attached hydrogen (secondary N) is 2. The molecule has 28 heavy (non-hydrogen) atoms. The van der Waals surface area contributed by atoms with Crippen LogP contribution in [-0.4, -0.2) is 48.1 Å². The summed E-state index contributed by atoms with van der Waals surface area (Å²) in [6, 6.07) is 11.3. The van der Waals surface area contributed by atoms with Crippen molar-refractivity contribution in [2.24, 2.45) is 5.16 Å². The summed E-state index contributed by atoms with van der Waals surface area (Å²) in [6.45, 7) is 2.32. The molecule has 0 saturated carbocycles.